The molecule has 3 nitrogen and oxygen atoms in total. The summed E-state index contributed by atoms with van der Waals surface area (Å²) in [5.41, 5.74) is 2.31. The monoisotopic (exact) mass is 258 g/mol. The molecular weight excluding hydrogens is 236 g/mol. The van der Waals surface area contributed by atoms with E-state index in [0.717, 1.165) is 18.4 Å². The van der Waals surface area contributed by atoms with Crippen molar-refractivity contribution < 1.29 is 5.11 Å². The van der Waals surface area contributed by atoms with Crippen molar-refractivity contribution in [1.82, 2.24) is 9.88 Å². The SMILES string of the molecule is C[C@@H](CCc1cccn1C)NCc1ccccc1O. The van der Waals surface area contributed by atoms with E-state index in [4.69, 9.17) is 0 Å². The highest BCUT2D eigenvalue weighted by atomic mass is 16.3. The molecule has 3 heteroatoms. The van der Waals surface area contributed by atoms with Gasteiger partial charge in [0.15, 0.2) is 0 Å². The van der Waals surface area contributed by atoms with Crippen LogP contribution < -0.4 is 5.32 Å². The molecule has 2 N–H and O–H groups in total. The zero-order valence-electron chi connectivity index (χ0n) is 11.6. The van der Waals surface area contributed by atoms with Gasteiger partial charge in [-0.1, -0.05) is 18.2 Å². The van der Waals surface area contributed by atoms with Crippen LogP contribution in [0.5, 0.6) is 5.75 Å². The number of rotatable bonds is 6. The van der Waals surface area contributed by atoms with Crippen molar-refractivity contribution in [3.8, 4) is 5.75 Å². The van der Waals surface area contributed by atoms with E-state index in [-0.39, 0.29) is 0 Å². The van der Waals surface area contributed by atoms with Gasteiger partial charge in [0, 0.05) is 37.1 Å². The third-order valence-corrected chi connectivity index (χ3v) is 3.52. The van der Waals surface area contributed by atoms with Crippen LogP contribution in [0.1, 0.15) is 24.6 Å². The minimum atomic E-state index is 0.365. The molecule has 102 valence electrons. The van der Waals surface area contributed by atoms with Crippen molar-refractivity contribution in [3.05, 3.63) is 53.9 Å². The van der Waals surface area contributed by atoms with Crippen LogP contribution in [0.2, 0.25) is 0 Å². The zero-order chi connectivity index (χ0) is 13.7. The van der Waals surface area contributed by atoms with Gasteiger partial charge in [0.1, 0.15) is 5.75 Å². The van der Waals surface area contributed by atoms with Gasteiger partial charge in [-0.05, 0) is 38.0 Å². The lowest BCUT2D eigenvalue weighted by atomic mass is 10.1. The van der Waals surface area contributed by atoms with Crippen molar-refractivity contribution in [1.29, 1.82) is 0 Å². The van der Waals surface area contributed by atoms with E-state index in [9.17, 15) is 5.11 Å². The first kappa shape index (κ1) is 13.7. The Balaban J connectivity index is 1.77. The van der Waals surface area contributed by atoms with Crippen LogP contribution >= 0.6 is 0 Å². The number of benzene rings is 1. The number of hydrogen-bond acceptors (Lipinski definition) is 2. The van der Waals surface area contributed by atoms with Gasteiger partial charge < -0.3 is 15.0 Å². The Bertz CT molecular complexity index is 519. The van der Waals surface area contributed by atoms with Gasteiger partial charge >= 0.3 is 0 Å². The summed E-state index contributed by atoms with van der Waals surface area (Å²) in [7, 11) is 2.08. The van der Waals surface area contributed by atoms with E-state index in [1.165, 1.54) is 5.69 Å². The normalized spacial score (nSPS) is 12.5. The predicted octanol–water partition coefficient (Wildman–Crippen LogP) is 2.84. The molecule has 0 spiro atoms. The summed E-state index contributed by atoms with van der Waals surface area (Å²) >= 11 is 0. The summed E-state index contributed by atoms with van der Waals surface area (Å²) in [4.78, 5) is 0. The first-order valence-electron chi connectivity index (χ1n) is 6.77. The van der Waals surface area contributed by atoms with Crippen molar-refractivity contribution in [3.63, 3.8) is 0 Å². The fourth-order valence-electron chi connectivity index (χ4n) is 2.17. The fourth-order valence-corrected chi connectivity index (χ4v) is 2.17. The quantitative estimate of drug-likeness (QED) is 0.836. The summed E-state index contributed by atoms with van der Waals surface area (Å²) in [6, 6.07) is 12.1. The smallest absolute Gasteiger partial charge is 0.120 e. The third kappa shape index (κ3) is 3.86. The molecule has 1 aromatic carbocycles. The van der Waals surface area contributed by atoms with E-state index >= 15 is 0 Å². The van der Waals surface area contributed by atoms with Crippen molar-refractivity contribution >= 4 is 0 Å². The maximum Gasteiger partial charge on any atom is 0.120 e. The molecule has 0 saturated carbocycles. The van der Waals surface area contributed by atoms with Gasteiger partial charge in [-0.25, -0.2) is 0 Å². The highest BCUT2D eigenvalue weighted by Gasteiger charge is 2.05. The largest absolute Gasteiger partial charge is 0.508 e. The van der Waals surface area contributed by atoms with Gasteiger partial charge in [-0.3, -0.25) is 0 Å². The molecule has 19 heavy (non-hydrogen) atoms. The Kier molecular flexibility index (Phi) is 4.63. The summed E-state index contributed by atoms with van der Waals surface area (Å²) in [5.74, 6) is 0.365. The van der Waals surface area contributed by atoms with Crippen LogP contribution in [-0.2, 0) is 20.0 Å². The highest BCUT2D eigenvalue weighted by Crippen LogP contribution is 2.15. The number of aromatic hydroxyl groups is 1. The molecule has 0 aliphatic rings. The van der Waals surface area contributed by atoms with E-state index in [2.05, 4.69) is 42.2 Å². The molecule has 0 aliphatic heterocycles. The summed E-state index contributed by atoms with van der Waals surface area (Å²) in [6.07, 6.45) is 4.24. The summed E-state index contributed by atoms with van der Waals surface area (Å²) in [5, 5.41) is 13.1. The minimum absolute atomic E-state index is 0.365. The number of para-hydroxylation sites is 1. The third-order valence-electron chi connectivity index (χ3n) is 3.52. The molecule has 1 aromatic heterocycles. The van der Waals surface area contributed by atoms with Gasteiger partial charge in [-0.2, -0.15) is 0 Å². The van der Waals surface area contributed by atoms with Crippen LogP contribution in [0.3, 0.4) is 0 Å². The second-order valence-corrected chi connectivity index (χ2v) is 5.06. The lowest BCUT2D eigenvalue weighted by Gasteiger charge is -2.14. The van der Waals surface area contributed by atoms with Gasteiger partial charge in [-0.15, -0.1) is 0 Å². The molecule has 0 fully saturated rings. The Labute approximate surface area is 114 Å². The van der Waals surface area contributed by atoms with Gasteiger partial charge in [0.25, 0.3) is 0 Å². The second kappa shape index (κ2) is 6.43. The summed E-state index contributed by atoms with van der Waals surface area (Å²) in [6.45, 7) is 2.89. The number of hydrogen-bond donors (Lipinski definition) is 2. The number of nitrogens with zero attached hydrogens (tertiary/aromatic N) is 1. The number of phenolic OH excluding ortho intramolecular Hbond substituents is 1. The summed E-state index contributed by atoms with van der Waals surface area (Å²) < 4.78 is 2.16. The molecule has 2 aromatic rings. The number of aryl methyl sites for hydroxylation is 2. The maximum absolute atomic E-state index is 9.70. The van der Waals surface area contributed by atoms with Crippen LogP contribution in [0.25, 0.3) is 0 Å². The molecule has 0 unspecified atom stereocenters. The minimum Gasteiger partial charge on any atom is -0.508 e. The van der Waals surface area contributed by atoms with Crippen molar-refractivity contribution in [2.75, 3.05) is 0 Å². The number of aromatic nitrogens is 1. The average molecular weight is 258 g/mol. The zero-order valence-corrected chi connectivity index (χ0v) is 11.6. The van der Waals surface area contributed by atoms with E-state index in [1.807, 2.05) is 18.2 Å². The van der Waals surface area contributed by atoms with E-state index < -0.39 is 0 Å². The molecule has 0 aliphatic carbocycles. The molecule has 0 bridgehead atoms. The highest BCUT2D eigenvalue weighted by molar-refractivity contribution is 5.31. The number of nitrogens with one attached hydrogen (secondary N) is 1. The van der Waals surface area contributed by atoms with Crippen molar-refractivity contribution in [2.45, 2.75) is 32.4 Å². The Hall–Kier alpha value is -1.74. The van der Waals surface area contributed by atoms with Gasteiger partial charge in [0.2, 0.25) is 0 Å². The Morgan fingerprint density at radius 1 is 1.21 bits per heavy atom. The maximum atomic E-state index is 9.70. The molecular formula is C16H22N2O. The molecule has 0 amide bonds. The topological polar surface area (TPSA) is 37.2 Å². The lowest BCUT2D eigenvalue weighted by molar-refractivity contribution is 0.454. The van der Waals surface area contributed by atoms with Crippen molar-refractivity contribution in [2.24, 2.45) is 7.05 Å². The second-order valence-electron chi connectivity index (χ2n) is 5.06. The molecule has 2 rings (SSSR count). The first-order valence-corrected chi connectivity index (χ1v) is 6.77. The van der Waals surface area contributed by atoms with E-state index in [1.54, 1.807) is 6.07 Å². The van der Waals surface area contributed by atoms with E-state index in [0.29, 0.717) is 18.3 Å². The van der Waals surface area contributed by atoms with Crippen LogP contribution in [0.15, 0.2) is 42.6 Å². The Morgan fingerprint density at radius 2 is 2.00 bits per heavy atom. The molecule has 1 atom stereocenters. The van der Waals surface area contributed by atoms with Crippen LogP contribution in [0.4, 0.5) is 0 Å². The molecule has 0 radical (unpaired) electrons. The lowest BCUT2D eigenvalue weighted by Crippen LogP contribution is -2.26. The fraction of sp³-hybridized carbons (Fsp3) is 0.375. The average Bonchev–Trinajstić information content (AvgIpc) is 2.81. The Morgan fingerprint density at radius 3 is 2.68 bits per heavy atom. The molecule has 0 saturated heterocycles. The van der Waals surface area contributed by atoms with Crippen LogP contribution in [0, 0.1) is 0 Å². The van der Waals surface area contributed by atoms with Gasteiger partial charge in [0.05, 0.1) is 0 Å². The van der Waals surface area contributed by atoms with Crippen LogP contribution in [-0.4, -0.2) is 15.7 Å². The first-order chi connectivity index (χ1) is 9.16. The number of phenols is 1. The standard InChI is InChI=1S/C16H22N2O/c1-13(9-10-15-7-5-11-18(15)2)17-12-14-6-3-4-8-16(14)19/h3-8,11,13,17,19H,9-10,12H2,1-2H3/t13-/m0/s1. The predicted molar refractivity (Wildman–Crippen MR) is 78.1 cm³/mol. The molecule has 1 heterocycles.